The van der Waals surface area contributed by atoms with Crippen LogP contribution in [0.5, 0.6) is 0 Å². The van der Waals surface area contributed by atoms with Crippen LogP contribution >= 0.6 is 22.9 Å². The van der Waals surface area contributed by atoms with Gasteiger partial charge in [0.15, 0.2) is 0 Å². The van der Waals surface area contributed by atoms with E-state index in [2.05, 4.69) is 20.7 Å². The zero-order chi connectivity index (χ0) is 13.7. The van der Waals surface area contributed by atoms with Crippen LogP contribution in [-0.4, -0.2) is 16.5 Å². The van der Waals surface area contributed by atoms with E-state index < -0.39 is 0 Å². The van der Waals surface area contributed by atoms with E-state index in [1.54, 1.807) is 11.3 Å². The molecule has 0 radical (unpaired) electrons. The van der Waals surface area contributed by atoms with E-state index >= 15 is 0 Å². The molecular formula is C12H16ClN5S. The Bertz CT molecular complexity index is 543. The van der Waals surface area contributed by atoms with Crippen LogP contribution in [0.25, 0.3) is 0 Å². The molecule has 0 bridgehead atoms. The van der Waals surface area contributed by atoms with Gasteiger partial charge in [-0.05, 0) is 25.0 Å². The van der Waals surface area contributed by atoms with Gasteiger partial charge in [-0.25, -0.2) is 15.8 Å². The van der Waals surface area contributed by atoms with Crippen molar-refractivity contribution >= 4 is 34.6 Å². The number of hydrogen-bond donors (Lipinski definition) is 3. The highest BCUT2D eigenvalue weighted by atomic mass is 35.5. The number of nitrogens with one attached hydrogen (secondary N) is 2. The standard InChI is InChI=1S/C12H16ClN5S/c1-2-9-11(16-7-17-12(9)18-14)15-6-5-8-3-4-10(13)19-8/h3-4,7H,2,5-6,14H2,1H3,(H2,15,16,17,18). The van der Waals surface area contributed by atoms with Gasteiger partial charge in [0.2, 0.25) is 0 Å². The van der Waals surface area contributed by atoms with Crippen molar-refractivity contribution in [1.29, 1.82) is 0 Å². The average molecular weight is 298 g/mol. The summed E-state index contributed by atoms with van der Waals surface area (Å²) in [6, 6.07) is 3.96. The number of hydrogen-bond acceptors (Lipinski definition) is 6. The van der Waals surface area contributed by atoms with Crippen molar-refractivity contribution in [2.24, 2.45) is 5.84 Å². The number of thiophene rings is 1. The number of nitrogen functional groups attached to an aromatic ring is 1. The van der Waals surface area contributed by atoms with Gasteiger partial charge in [0, 0.05) is 17.0 Å². The Balaban J connectivity index is 1.99. The molecule has 5 nitrogen and oxygen atoms in total. The Morgan fingerprint density at radius 3 is 2.74 bits per heavy atom. The molecule has 4 N–H and O–H groups in total. The molecular weight excluding hydrogens is 282 g/mol. The van der Waals surface area contributed by atoms with Gasteiger partial charge in [-0.3, -0.25) is 0 Å². The van der Waals surface area contributed by atoms with Crippen molar-refractivity contribution in [3.63, 3.8) is 0 Å². The van der Waals surface area contributed by atoms with Gasteiger partial charge in [0.1, 0.15) is 18.0 Å². The molecule has 0 fully saturated rings. The van der Waals surface area contributed by atoms with Gasteiger partial charge in [0.05, 0.1) is 4.34 Å². The number of hydrazine groups is 1. The topological polar surface area (TPSA) is 75.9 Å². The number of halogens is 1. The van der Waals surface area contributed by atoms with Crippen molar-refractivity contribution in [3.8, 4) is 0 Å². The fraction of sp³-hybridized carbons (Fsp3) is 0.333. The zero-order valence-electron chi connectivity index (χ0n) is 10.6. The smallest absolute Gasteiger partial charge is 0.148 e. The molecule has 0 atom stereocenters. The van der Waals surface area contributed by atoms with Crippen molar-refractivity contribution < 1.29 is 0 Å². The second-order valence-corrected chi connectivity index (χ2v) is 5.73. The molecule has 102 valence electrons. The lowest BCUT2D eigenvalue weighted by Gasteiger charge is -2.12. The largest absolute Gasteiger partial charge is 0.369 e. The molecule has 0 aliphatic heterocycles. The molecule has 0 aromatic carbocycles. The normalized spacial score (nSPS) is 10.5. The number of anilines is 2. The molecule has 2 heterocycles. The van der Waals surface area contributed by atoms with E-state index in [1.165, 1.54) is 11.2 Å². The Hall–Kier alpha value is -1.37. The van der Waals surface area contributed by atoms with Gasteiger partial charge in [-0.1, -0.05) is 18.5 Å². The van der Waals surface area contributed by atoms with Crippen LogP contribution in [0.15, 0.2) is 18.5 Å². The van der Waals surface area contributed by atoms with E-state index in [9.17, 15) is 0 Å². The lowest BCUT2D eigenvalue weighted by atomic mass is 10.2. The predicted octanol–water partition coefficient (Wildman–Crippen LogP) is 2.69. The minimum atomic E-state index is 0.666. The van der Waals surface area contributed by atoms with Crippen molar-refractivity contribution in [2.45, 2.75) is 19.8 Å². The molecule has 0 aliphatic carbocycles. The van der Waals surface area contributed by atoms with Gasteiger partial charge >= 0.3 is 0 Å². The van der Waals surface area contributed by atoms with Crippen LogP contribution in [0.2, 0.25) is 4.34 Å². The number of nitrogens with two attached hydrogens (primary N) is 1. The first-order chi connectivity index (χ1) is 9.24. The monoisotopic (exact) mass is 297 g/mol. The number of nitrogens with zero attached hydrogens (tertiary/aromatic N) is 2. The molecule has 19 heavy (non-hydrogen) atoms. The maximum absolute atomic E-state index is 5.90. The maximum atomic E-state index is 5.90. The fourth-order valence-electron chi connectivity index (χ4n) is 1.81. The molecule has 0 amide bonds. The third-order valence-corrected chi connectivity index (χ3v) is 4.02. The van der Waals surface area contributed by atoms with E-state index in [0.29, 0.717) is 5.82 Å². The summed E-state index contributed by atoms with van der Waals surface area (Å²) in [5.41, 5.74) is 3.59. The second kappa shape index (κ2) is 6.70. The Morgan fingerprint density at radius 2 is 2.11 bits per heavy atom. The van der Waals surface area contributed by atoms with E-state index in [1.807, 2.05) is 19.1 Å². The summed E-state index contributed by atoms with van der Waals surface area (Å²) in [5.74, 6) is 6.93. The first-order valence-electron chi connectivity index (χ1n) is 6.03. The lowest BCUT2D eigenvalue weighted by molar-refractivity contribution is 0.981. The number of rotatable bonds is 6. The molecule has 0 saturated heterocycles. The number of aromatic nitrogens is 2. The van der Waals surface area contributed by atoms with Crippen LogP contribution in [0.3, 0.4) is 0 Å². The fourth-order valence-corrected chi connectivity index (χ4v) is 2.90. The first kappa shape index (κ1) is 14.0. The summed E-state index contributed by atoms with van der Waals surface area (Å²) < 4.78 is 0.820. The summed E-state index contributed by atoms with van der Waals surface area (Å²) in [7, 11) is 0. The molecule has 0 unspecified atom stereocenters. The maximum Gasteiger partial charge on any atom is 0.148 e. The van der Waals surface area contributed by atoms with Gasteiger partial charge < -0.3 is 10.7 Å². The summed E-state index contributed by atoms with van der Waals surface area (Å²) in [6.45, 7) is 2.84. The summed E-state index contributed by atoms with van der Waals surface area (Å²) in [6.07, 6.45) is 3.22. The minimum absolute atomic E-state index is 0.666. The van der Waals surface area contributed by atoms with E-state index in [0.717, 1.165) is 35.1 Å². The Labute approximate surface area is 121 Å². The SMILES string of the molecule is CCc1c(NN)ncnc1NCCc1ccc(Cl)s1. The third kappa shape index (κ3) is 3.56. The average Bonchev–Trinajstić information content (AvgIpc) is 2.84. The van der Waals surface area contributed by atoms with Crippen LogP contribution in [-0.2, 0) is 12.8 Å². The van der Waals surface area contributed by atoms with Crippen molar-refractivity contribution in [3.05, 3.63) is 33.2 Å². The quantitative estimate of drug-likeness (QED) is 0.564. The zero-order valence-corrected chi connectivity index (χ0v) is 12.2. The summed E-state index contributed by atoms with van der Waals surface area (Å²) >= 11 is 7.50. The van der Waals surface area contributed by atoms with E-state index in [4.69, 9.17) is 17.4 Å². The third-order valence-electron chi connectivity index (χ3n) is 2.73. The minimum Gasteiger partial charge on any atom is -0.369 e. The molecule has 2 aromatic heterocycles. The highest BCUT2D eigenvalue weighted by Gasteiger charge is 2.08. The van der Waals surface area contributed by atoms with Crippen LogP contribution in [0.4, 0.5) is 11.6 Å². The highest BCUT2D eigenvalue weighted by molar-refractivity contribution is 7.16. The molecule has 0 spiro atoms. The van der Waals surface area contributed by atoms with Gasteiger partial charge in [0.25, 0.3) is 0 Å². The van der Waals surface area contributed by atoms with Crippen molar-refractivity contribution in [2.75, 3.05) is 17.3 Å². The van der Waals surface area contributed by atoms with Crippen LogP contribution in [0.1, 0.15) is 17.4 Å². The molecule has 7 heteroatoms. The Kier molecular flexibility index (Phi) is 4.95. The molecule has 0 saturated carbocycles. The second-order valence-electron chi connectivity index (χ2n) is 3.93. The van der Waals surface area contributed by atoms with Gasteiger partial charge in [-0.2, -0.15) is 0 Å². The summed E-state index contributed by atoms with van der Waals surface area (Å²) in [4.78, 5) is 9.60. The lowest BCUT2D eigenvalue weighted by Crippen LogP contribution is -2.14. The molecule has 0 aliphatic rings. The van der Waals surface area contributed by atoms with Crippen molar-refractivity contribution in [1.82, 2.24) is 9.97 Å². The predicted molar refractivity (Wildman–Crippen MR) is 80.7 cm³/mol. The Morgan fingerprint density at radius 1 is 1.32 bits per heavy atom. The first-order valence-corrected chi connectivity index (χ1v) is 7.22. The highest BCUT2D eigenvalue weighted by Crippen LogP contribution is 2.22. The van der Waals surface area contributed by atoms with Crippen LogP contribution in [0, 0.1) is 0 Å². The van der Waals surface area contributed by atoms with Crippen LogP contribution < -0.4 is 16.6 Å². The summed E-state index contributed by atoms with van der Waals surface area (Å²) in [5, 5.41) is 3.31. The molecule has 2 aromatic rings. The van der Waals surface area contributed by atoms with E-state index in [-0.39, 0.29) is 0 Å². The van der Waals surface area contributed by atoms with Gasteiger partial charge in [-0.15, -0.1) is 11.3 Å². The molecule has 2 rings (SSSR count).